The van der Waals surface area contributed by atoms with Crippen LogP contribution in [-0.2, 0) is 0 Å². The van der Waals surface area contributed by atoms with Crippen LogP contribution in [-0.4, -0.2) is 33.8 Å². The number of carboxylic acid groups (broad SMARTS) is 1. The molecule has 1 aliphatic rings. The van der Waals surface area contributed by atoms with Gasteiger partial charge in [0, 0.05) is 25.0 Å². The third kappa shape index (κ3) is 2.82. The molecule has 0 spiro atoms. The predicted octanol–water partition coefficient (Wildman–Crippen LogP) is 2.83. The summed E-state index contributed by atoms with van der Waals surface area (Å²) in [5.41, 5.74) is 1.99. The van der Waals surface area contributed by atoms with Gasteiger partial charge in [0.05, 0.1) is 11.7 Å². The summed E-state index contributed by atoms with van der Waals surface area (Å²) in [5.74, 6) is -0.932. The van der Waals surface area contributed by atoms with Crippen LogP contribution in [0.2, 0.25) is 0 Å². The van der Waals surface area contributed by atoms with Crippen LogP contribution < -0.4 is 4.90 Å². The van der Waals surface area contributed by atoms with Crippen LogP contribution in [0.15, 0.2) is 37.2 Å². The Kier molecular flexibility index (Phi) is 4.40. The number of hydrogen-bond donors (Lipinski definition) is 1. The van der Waals surface area contributed by atoms with Crippen molar-refractivity contribution in [3.8, 4) is 0 Å². The number of rotatable bonds is 2. The molecule has 1 saturated heterocycles. The molecule has 20 heavy (non-hydrogen) atoms. The molecule has 106 valence electrons. The monoisotopic (exact) mass is 273 g/mol. The number of carbonyl (C=O) groups is 1. The summed E-state index contributed by atoms with van der Waals surface area (Å²) in [6.07, 6.45) is 7.37. The molecule has 0 aliphatic carbocycles. The molecule has 1 aliphatic heterocycles. The maximum absolute atomic E-state index is 11.0. The summed E-state index contributed by atoms with van der Waals surface area (Å²) in [5, 5.41) is 13.1. The van der Waals surface area contributed by atoms with E-state index in [1.54, 1.807) is 10.6 Å². The van der Waals surface area contributed by atoms with Crippen molar-refractivity contribution in [3.05, 3.63) is 42.7 Å². The fourth-order valence-corrected chi connectivity index (χ4v) is 2.31. The van der Waals surface area contributed by atoms with Crippen LogP contribution in [0.3, 0.4) is 0 Å². The van der Waals surface area contributed by atoms with E-state index in [1.165, 1.54) is 19.0 Å². The Labute approximate surface area is 118 Å². The van der Waals surface area contributed by atoms with E-state index in [-0.39, 0.29) is 5.56 Å². The molecule has 2 aromatic rings. The Balaban J connectivity index is 0.000000452. The molecule has 0 atom stereocenters. The zero-order valence-electron chi connectivity index (χ0n) is 11.6. The lowest BCUT2D eigenvalue weighted by atomic mass is 10.2. The van der Waals surface area contributed by atoms with Crippen molar-refractivity contribution in [1.82, 2.24) is 9.61 Å². The molecule has 5 nitrogen and oxygen atoms in total. The van der Waals surface area contributed by atoms with Gasteiger partial charge in [0.15, 0.2) is 0 Å². The zero-order valence-corrected chi connectivity index (χ0v) is 11.6. The average Bonchev–Trinajstić information content (AvgIpc) is 3.08. The number of allylic oxidation sites excluding steroid dienone is 1. The Morgan fingerprint density at radius 1 is 1.45 bits per heavy atom. The quantitative estimate of drug-likeness (QED) is 0.855. The summed E-state index contributed by atoms with van der Waals surface area (Å²) in [6, 6.07) is 3.89. The summed E-state index contributed by atoms with van der Waals surface area (Å²) in [4.78, 5) is 13.3. The van der Waals surface area contributed by atoms with E-state index in [9.17, 15) is 4.79 Å². The third-order valence-corrected chi connectivity index (χ3v) is 3.21. The van der Waals surface area contributed by atoms with Gasteiger partial charge in [-0.3, -0.25) is 0 Å². The van der Waals surface area contributed by atoms with Gasteiger partial charge in [-0.2, -0.15) is 5.10 Å². The first-order chi connectivity index (χ1) is 9.67. The maximum atomic E-state index is 11.0. The molecule has 0 aromatic carbocycles. The highest BCUT2D eigenvalue weighted by molar-refractivity contribution is 5.95. The molecule has 1 fully saturated rings. The highest BCUT2D eigenvalue weighted by Crippen LogP contribution is 2.23. The van der Waals surface area contributed by atoms with Crippen molar-refractivity contribution in [2.75, 3.05) is 18.0 Å². The first-order valence-corrected chi connectivity index (χ1v) is 6.70. The summed E-state index contributed by atoms with van der Waals surface area (Å²) >= 11 is 0. The Bertz CT molecular complexity index is 613. The fourth-order valence-electron chi connectivity index (χ4n) is 2.31. The van der Waals surface area contributed by atoms with E-state index in [1.807, 2.05) is 25.3 Å². The number of anilines is 1. The number of carboxylic acids is 1. The second kappa shape index (κ2) is 6.23. The molecule has 5 heteroatoms. The first kappa shape index (κ1) is 14.1. The van der Waals surface area contributed by atoms with E-state index in [2.05, 4.69) is 16.6 Å². The zero-order chi connectivity index (χ0) is 14.5. The van der Waals surface area contributed by atoms with Crippen LogP contribution in [0, 0.1) is 0 Å². The minimum absolute atomic E-state index is 0.256. The van der Waals surface area contributed by atoms with E-state index in [4.69, 9.17) is 5.11 Å². The number of pyridine rings is 1. The molecule has 0 amide bonds. The van der Waals surface area contributed by atoms with Crippen LogP contribution in [0.4, 0.5) is 5.69 Å². The van der Waals surface area contributed by atoms with Gasteiger partial charge in [-0.15, -0.1) is 6.58 Å². The van der Waals surface area contributed by atoms with Gasteiger partial charge in [-0.05, 0) is 31.9 Å². The number of fused-ring (bicyclic) bond motifs is 1. The molecule has 1 N–H and O–H groups in total. The summed E-state index contributed by atoms with van der Waals surface area (Å²) < 4.78 is 1.60. The van der Waals surface area contributed by atoms with Crippen LogP contribution in [0.1, 0.15) is 30.1 Å². The van der Waals surface area contributed by atoms with Crippen molar-refractivity contribution < 1.29 is 9.90 Å². The summed E-state index contributed by atoms with van der Waals surface area (Å²) in [6.45, 7) is 7.35. The van der Waals surface area contributed by atoms with Gasteiger partial charge < -0.3 is 10.0 Å². The van der Waals surface area contributed by atoms with Crippen molar-refractivity contribution in [3.63, 3.8) is 0 Å². The van der Waals surface area contributed by atoms with Crippen molar-refractivity contribution in [2.45, 2.75) is 19.8 Å². The van der Waals surface area contributed by atoms with E-state index >= 15 is 0 Å². The number of aromatic nitrogens is 2. The minimum atomic E-state index is -0.932. The predicted molar refractivity (Wildman–Crippen MR) is 79.5 cm³/mol. The van der Waals surface area contributed by atoms with Crippen molar-refractivity contribution in [1.29, 1.82) is 0 Å². The molecular formula is C15H19N3O2. The lowest BCUT2D eigenvalue weighted by Gasteiger charge is -2.17. The molecular weight excluding hydrogens is 254 g/mol. The van der Waals surface area contributed by atoms with Gasteiger partial charge in [-0.1, -0.05) is 6.08 Å². The first-order valence-electron chi connectivity index (χ1n) is 6.70. The average molecular weight is 273 g/mol. The highest BCUT2D eigenvalue weighted by atomic mass is 16.4. The molecule has 0 bridgehead atoms. The molecule has 0 unspecified atom stereocenters. The second-order valence-electron chi connectivity index (χ2n) is 4.68. The van der Waals surface area contributed by atoms with Crippen LogP contribution in [0.25, 0.3) is 5.52 Å². The lowest BCUT2D eigenvalue weighted by molar-refractivity contribution is 0.0699. The largest absolute Gasteiger partial charge is 0.478 e. The van der Waals surface area contributed by atoms with Crippen LogP contribution >= 0.6 is 0 Å². The Morgan fingerprint density at radius 3 is 2.70 bits per heavy atom. The lowest BCUT2D eigenvalue weighted by Crippen LogP contribution is -2.17. The maximum Gasteiger partial charge on any atom is 0.339 e. The standard InChI is InChI=1S/C12H13N3O2.C3H6/c16-12(17)10-8-13-15-6-3-9(7-11(10)15)14-4-1-2-5-14;1-3-2/h3,6-8H,1-2,4-5H2,(H,16,17);3H,1H2,2H3. The molecule has 3 rings (SSSR count). The third-order valence-electron chi connectivity index (χ3n) is 3.21. The highest BCUT2D eigenvalue weighted by Gasteiger charge is 2.15. The fraction of sp³-hybridized carbons (Fsp3) is 0.333. The van der Waals surface area contributed by atoms with Gasteiger partial charge in [-0.25, -0.2) is 9.31 Å². The van der Waals surface area contributed by atoms with E-state index in [0.717, 1.165) is 18.8 Å². The van der Waals surface area contributed by atoms with E-state index in [0.29, 0.717) is 5.52 Å². The van der Waals surface area contributed by atoms with Crippen molar-refractivity contribution in [2.24, 2.45) is 0 Å². The normalized spacial score (nSPS) is 13.9. The van der Waals surface area contributed by atoms with Crippen LogP contribution in [0.5, 0.6) is 0 Å². The van der Waals surface area contributed by atoms with Gasteiger partial charge in [0.1, 0.15) is 5.56 Å². The second-order valence-corrected chi connectivity index (χ2v) is 4.68. The Morgan fingerprint density at radius 2 is 2.10 bits per heavy atom. The molecule has 0 radical (unpaired) electrons. The Hall–Kier alpha value is -2.30. The van der Waals surface area contributed by atoms with Gasteiger partial charge in [0.25, 0.3) is 0 Å². The number of hydrogen-bond acceptors (Lipinski definition) is 3. The molecule has 3 heterocycles. The summed E-state index contributed by atoms with van der Waals surface area (Å²) in [7, 11) is 0. The molecule has 0 saturated carbocycles. The van der Waals surface area contributed by atoms with Gasteiger partial charge in [0.2, 0.25) is 0 Å². The van der Waals surface area contributed by atoms with Crippen molar-refractivity contribution >= 4 is 17.2 Å². The van der Waals surface area contributed by atoms with E-state index < -0.39 is 5.97 Å². The number of nitrogens with zero attached hydrogens (tertiary/aromatic N) is 3. The SMILES string of the molecule is C=CC.O=C(O)c1cnn2ccc(N3CCCC3)cc12. The smallest absolute Gasteiger partial charge is 0.339 e. The molecule has 2 aromatic heterocycles. The van der Waals surface area contributed by atoms with Gasteiger partial charge >= 0.3 is 5.97 Å². The minimum Gasteiger partial charge on any atom is -0.478 e. The number of aromatic carboxylic acids is 1. The topological polar surface area (TPSA) is 57.8 Å².